The molecule has 0 saturated carbocycles. The smallest absolute Gasteiger partial charge is 0.121 e. The molecule has 0 aromatic heterocycles. The average Bonchev–Trinajstić information content (AvgIpc) is 2.30. The molecule has 2 N–H and O–H groups in total. The zero-order chi connectivity index (χ0) is 12.0. The maximum absolute atomic E-state index is 9.06. The maximum Gasteiger partial charge on any atom is 0.121 e. The molecule has 1 rings (SSSR count). The molecule has 0 bridgehead atoms. The number of aryl methyl sites for hydroxylation is 1. The van der Waals surface area contributed by atoms with Crippen molar-refractivity contribution in [2.45, 2.75) is 32.9 Å². The van der Waals surface area contributed by atoms with E-state index in [0.29, 0.717) is 0 Å². The largest absolute Gasteiger partial charge is 0.496 e. The highest BCUT2D eigenvalue weighted by molar-refractivity contribution is 5.36. The van der Waals surface area contributed by atoms with Gasteiger partial charge in [0.25, 0.3) is 0 Å². The van der Waals surface area contributed by atoms with E-state index in [1.165, 1.54) is 5.56 Å². The van der Waals surface area contributed by atoms with Gasteiger partial charge in [-0.05, 0) is 30.5 Å². The molecule has 3 heteroatoms. The van der Waals surface area contributed by atoms with Gasteiger partial charge in [0.1, 0.15) is 5.75 Å². The van der Waals surface area contributed by atoms with E-state index in [2.05, 4.69) is 18.3 Å². The van der Waals surface area contributed by atoms with Crippen LogP contribution in [0.25, 0.3) is 0 Å². The van der Waals surface area contributed by atoms with Crippen molar-refractivity contribution >= 4 is 0 Å². The first-order valence-corrected chi connectivity index (χ1v) is 5.69. The molecule has 0 heterocycles. The Kier molecular flexibility index (Phi) is 5.29. The van der Waals surface area contributed by atoms with Gasteiger partial charge in [-0.2, -0.15) is 0 Å². The van der Waals surface area contributed by atoms with Crippen LogP contribution in [0.2, 0.25) is 0 Å². The van der Waals surface area contributed by atoms with Crippen LogP contribution in [-0.2, 0) is 6.54 Å². The van der Waals surface area contributed by atoms with Gasteiger partial charge in [-0.1, -0.05) is 19.1 Å². The van der Waals surface area contributed by atoms with Gasteiger partial charge in [-0.25, -0.2) is 0 Å². The zero-order valence-electron chi connectivity index (χ0n) is 10.3. The van der Waals surface area contributed by atoms with Crippen LogP contribution in [0.4, 0.5) is 0 Å². The molecule has 0 aliphatic rings. The first-order valence-electron chi connectivity index (χ1n) is 5.69. The van der Waals surface area contributed by atoms with Gasteiger partial charge in [-0.3, -0.25) is 0 Å². The molecule has 0 spiro atoms. The lowest BCUT2D eigenvalue weighted by Crippen LogP contribution is -2.31. The summed E-state index contributed by atoms with van der Waals surface area (Å²) in [5.41, 5.74) is 2.35. The van der Waals surface area contributed by atoms with E-state index in [9.17, 15) is 0 Å². The highest BCUT2D eigenvalue weighted by Crippen LogP contribution is 2.18. The number of benzene rings is 1. The normalized spacial score (nSPS) is 12.5. The second kappa shape index (κ2) is 6.51. The fourth-order valence-corrected chi connectivity index (χ4v) is 1.65. The minimum absolute atomic E-state index is 0.183. The van der Waals surface area contributed by atoms with Gasteiger partial charge < -0.3 is 15.2 Å². The summed E-state index contributed by atoms with van der Waals surface area (Å²) in [6, 6.07) is 6.31. The summed E-state index contributed by atoms with van der Waals surface area (Å²) in [5.74, 6) is 0.915. The van der Waals surface area contributed by atoms with Crippen molar-refractivity contribution in [1.82, 2.24) is 5.32 Å². The Morgan fingerprint density at radius 2 is 2.19 bits per heavy atom. The number of methoxy groups -OCH3 is 1. The third kappa shape index (κ3) is 3.51. The number of hydrogen-bond acceptors (Lipinski definition) is 3. The number of aliphatic hydroxyl groups excluding tert-OH is 1. The van der Waals surface area contributed by atoms with Crippen molar-refractivity contribution in [2.75, 3.05) is 13.7 Å². The Labute approximate surface area is 97.4 Å². The summed E-state index contributed by atoms with van der Waals surface area (Å²) >= 11 is 0. The van der Waals surface area contributed by atoms with E-state index >= 15 is 0 Å². The fraction of sp³-hybridized carbons (Fsp3) is 0.538. The quantitative estimate of drug-likeness (QED) is 0.773. The molecule has 3 nitrogen and oxygen atoms in total. The number of rotatable bonds is 6. The molecule has 1 aromatic rings. The van der Waals surface area contributed by atoms with Gasteiger partial charge in [-0.15, -0.1) is 0 Å². The maximum atomic E-state index is 9.06. The Hall–Kier alpha value is -1.06. The molecule has 0 fully saturated rings. The molecule has 0 aliphatic heterocycles. The molecular weight excluding hydrogens is 202 g/mol. The van der Waals surface area contributed by atoms with Crippen LogP contribution in [-0.4, -0.2) is 24.9 Å². The van der Waals surface area contributed by atoms with Crippen LogP contribution in [0, 0.1) is 6.92 Å². The van der Waals surface area contributed by atoms with Crippen molar-refractivity contribution < 1.29 is 9.84 Å². The predicted molar refractivity (Wildman–Crippen MR) is 65.7 cm³/mol. The SMILES string of the molecule is CCC(CO)NCc1ccc(OC)c(C)c1. The molecule has 0 aliphatic carbocycles. The van der Waals surface area contributed by atoms with Gasteiger partial charge in [0, 0.05) is 12.6 Å². The van der Waals surface area contributed by atoms with E-state index in [-0.39, 0.29) is 12.6 Å². The summed E-state index contributed by atoms with van der Waals surface area (Å²) in [4.78, 5) is 0. The standard InChI is InChI=1S/C13H21NO2/c1-4-12(9-15)14-8-11-5-6-13(16-3)10(2)7-11/h5-7,12,14-15H,4,8-9H2,1-3H3. The van der Waals surface area contributed by atoms with Gasteiger partial charge in [0.15, 0.2) is 0 Å². The molecular formula is C13H21NO2. The molecule has 1 unspecified atom stereocenters. The minimum Gasteiger partial charge on any atom is -0.496 e. The van der Waals surface area contributed by atoms with Crippen molar-refractivity contribution in [3.63, 3.8) is 0 Å². The second-order valence-corrected chi connectivity index (χ2v) is 3.97. The van der Waals surface area contributed by atoms with Crippen LogP contribution in [0.1, 0.15) is 24.5 Å². The van der Waals surface area contributed by atoms with Crippen molar-refractivity contribution in [1.29, 1.82) is 0 Å². The summed E-state index contributed by atoms with van der Waals surface area (Å²) < 4.78 is 5.21. The summed E-state index contributed by atoms with van der Waals surface area (Å²) in [7, 11) is 1.68. The van der Waals surface area contributed by atoms with Crippen molar-refractivity contribution in [3.8, 4) is 5.75 Å². The van der Waals surface area contributed by atoms with Crippen LogP contribution in [0.15, 0.2) is 18.2 Å². The van der Waals surface area contributed by atoms with Gasteiger partial charge in [0.2, 0.25) is 0 Å². The summed E-state index contributed by atoms with van der Waals surface area (Å²) in [6.45, 7) is 5.06. The number of aliphatic hydroxyl groups is 1. The lowest BCUT2D eigenvalue weighted by atomic mass is 10.1. The zero-order valence-corrected chi connectivity index (χ0v) is 10.3. The Bertz CT molecular complexity index is 322. The number of ether oxygens (including phenoxy) is 1. The van der Waals surface area contributed by atoms with E-state index in [4.69, 9.17) is 9.84 Å². The van der Waals surface area contributed by atoms with Crippen LogP contribution in [0.5, 0.6) is 5.75 Å². The van der Waals surface area contributed by atoms with Crippen LogP contribution >= 0.6 is 0 Å². The van der Waals surface area contributed by atoms with Crippen molar-refractivity contribution in [2.24, 2.45) is 0 Å². The highest BCUT2D eigenvalue weighted by atomic mass is 16.5. The number of hydrogen-bond donors (Lipinski definition) is 2. The molecule has 0 saturated heterocycles. The first-order chi connectivity index (χ1) is 7.71. The molecule has 16 heavy (non-hydrogen) atoms. The first kappa shape index (κ1) is 13.0. The van der Waals surface area contributed by atoms with Gasteiger partial charge >= 0.3 is 0 Å². The molecule has 0 amide bonds. The monoisotopic (exact) mass is 223 g/mol. The van der Waals surface area contributed by atoms with E-state index in [1.807, 2.05) is 19.1 Å². The van der Waals surface area contributed by atoms with Gasteiger partial charge in [0.05, 0.1) is 13.7 Å². The minimum atomic E-state index is 0.183. The molecule has 1 atom stereocenters. The molecule has 0 radical (unpaired) electrons. The summed E-state index contributed by atoms with van der Waals surface area (Å²) in [5, 5.41) is 12.4. The van der Waals surface area contributed by atoms with E-state index in [0.717, 1.165) is 24.3 Å². The molecule has 90 valence electrons. The Morgan fingerprint density at radius 1 is 1.44 bits per heavy atom. The molecule has 1 aromatic carbocycles. The lowest BCUT2D eigenvalue weighted by molar-refractivity contribution is 0.238. The van der Waals surface area contributed by atoms with E-state index < -0.39 is 0 Å². The average molecular weight is 223 g/mol. The van der Waals surface area contributed by atoms with Crippen LogP contribution < -0.4 is 10.1 Å². The Morgan fingerprint density at radius 3 is 2.69 bits per heavy atom. The third-order valence-electron chi connectivity index (χ3n) is 2.77. The lowest BCUT2D eigenvalue weighted by Gasteiger charge is -2.14. The topological polar surface area (TPSA) is 41.5 Å². The van der Waals surface area contributed by atoms with E-state index in [1.54, 1.807) is 7.11 Å². The van der Waals surface area contributed by atoms with Crippen molar-refractivity contribution in [3.05, 3.63) is 29.3 Å². The number of nitrogens with one attached hydrogen (secondary N) is 1. The third-order valence-corrected chi connectivity index (χ3v) is 2.77. The van der Waals surface area contributed by atoms with Crippen LogP contribution in [0.3, 0.4) is 0 Å². The highest BCUT2D eigenvalue weighted by Gasteiger charge is 2.04. The summed E-state index contributed by atoms with van der Waals surface area (Å²) in [6.07, 6.45) is 0.936. The predicted octanol–water partition coefficient (Wildman–Crippen LogP) is 1.86. The second-order valence-electron chi connectivity index (χ2n) is 3.97. The Balaban J connectivity index is 2.58. The fourth-order valence-electron chi connectivity index (χ4n) is 1.65.